The number of amides is 1. The van der Waals surface area contributed by atoms with Crippen molar-refractivity contribution in [1.82, 2.24) is 0 Å². The highest BCUT2D eigenvalue weighted by Crippen LogP contribution is 2.23. The van der Waals surface area contributed by atoms with E-state index in [1.54, 1.807) is 24.3 Å². The molecule has 0 unspecified atom stereocenters. The van der Waals surface area contributed by atoms with Gasteiger partial charge in [0.05, 0.1) is 5.56 Å². The number of rotatable bonds is 4. The molecule has 0 aliphatic heterocycles. The zero-order valence-corrected chi connectivity index (χ0v) is 12.7. The summed E-state index contributed by atoms with van der Waals surface area (Å²) in [6.07, 6.45) is 0. The Balaban J connectivity index is 2.22. The van der Waals surface area contributed by atoms with E-state index in [0.717, 1.165) is 10.0 Å². The standard InChI is InChI=1S/C15H12BrF2NO2/c1-9-8-10(6-7-12(9)16)19-14(20)11-4-2-3-5-13(11)21-15(17)18/h2-8,15H,1H3,(H,19,20). The zero-order chi connectivity index (χ0) is 15.4. The lowest BCUT2D eigenvalue weighted by molar-refractivity contribution is -0.0501. The van der Waals surface area contributed by atoms with Crippen LogP contribution in [0.5, 0.6) is 5.75 Å². The van der Waals surface area contributed by atoms with Crippen LogP contribution >= 0.6 is 15.9 Å². The lowest BCUT2D eigenvalue weighted by atomic mass is 10.1. The maximum atomic E-state index is 12.3. The second kappa shape index (κ2) is 6.67. The van der Waals surface area contributed by atoms with Crippen LogP contribution < -0.4 is 10.1 Å². The van der Waals surface area contributed by atoms with Crippen LogP contribution in [-0.2, 0) is 0 Å². The molecule has 0 radical (unpaired) electrons. The maximum Gasteiger partial charge on any atom is 0.387 e. The Labute approximate surface area is 129 Å². The average Bonchev–Trinajstić information content (AvgIpc) is 2.43. The minimum absolute atomic E-state index is 0.0540. The number of hydrogen-bond acceptors (Lipinski definition) is 2. The number of para-hydroxylation sites is 1. The number of aryl methyl sites for hydroxylation is 1. The summed E-state index contributed by atoms with van der Waals surface area (Å²) in [6, 6.07) is 11.2. The molecule has 0 aromatic heterocycles. The van der Waals surface area contributed by atoms with Gasteiger partial charge < -0.3 is 10.1 Å². The first kappa shape index (κ1) is 15.4. The number of halogens is 3. The molecule has 2 aromatic carbocycles. The van der Waals surface area contributed by atoms with E-state index in [2.05, 4.69) is 26.0 Å². The summed E-state index contributed by atoms with van der Waals surface area (Å²) in [4.78, 5) is 12.2. The predicted octanol–water partition coefficient (Wildman–Crippen LogP) is 4.61. The molecular weight excluding hydrogens is 344 g/mol. The lowest BCUT2D eigenvalue weighted by Crippen LogP contribution is -2.15. The van der Waals surface area contributed by atoms with E-state index in [0.29, 0.717) is 5.69 Å². The monoisotopic (exact) mass is 355 g/mol. The lowest BCUT2D eigenvalue weighted by Gasteiger charge is -2.11. The van der Waals surface area contributed by atoms with Crippen molar-refractivity contribution >= 4 is 27.5 Å². The van der Waals surface area contributed by atoms with Crippen LogP contribution in [0.15, 0.2) is 46.9 Å². The first-order chi connectivity index (χ1) is 9.97. The molecule has 1 amide bonds. The van der Waals surface area contributed by atoms with E-state index < -0.39 is 12.5 Å². The Morgan fingerprint density at radius 1 is 1.24 bits per heavy atom. The van der Waals surface area contributed by atoms with Crippen molar-refractivity contribution in [2.75, 3.05) is 5.32 Å². The van der Waals surface area contributed by atoms with Gasteiger partial charge in [-0.1, -0.05) is 28.1 Å². The summed E-state index contributed by atoms with van der Waals surface area (Å²) in [5, 5.41) is 2.66. The molecule has 0 fully saturated rings. The molecule has 0 saturated carbocycles. The van der Waals surface area contributed by atoms with Gasteiger partial charge >= 0.3 is 6.61 Å². The summed E-state index contributed by atoms with van der Waals surface area (Å²) >= 11 is 3.36. The number of anilines is 1. The molecule has 0 spiro atoms. The second-order valence-corrected chi connectivity index (χ2v) is 5.15. The fourth-order valence-corrected chi connectivity index (χ4v) is 2.02. The highest BCUT2D eigenvalue weighted by atomic mass is 79.9. The number of nitrogens with one attached hydrogen (secondary N) is 1. The summed E-state index contributed by atoms with van der Waals surface area (Å²) < 4.78 is 29.9. The van der Waals surface area contributed by atoms with Crippen LogP contribution in [0.3, 0.4) is 0 Å². The number of ether oxygens (including phenoxy) is 1. The quantitative estimate of drug-likeness (QED) is 0.869. The zero-order valence-electron chi connectivity index (χ0n) is 11.1. The second-order valence-electron chi connectivity index (χ2n) is 4.29. The molecular formula is C15H12BrF2NO2. The van der Waals surface area contributed by atoms with Gasteiger partial charge in [0.2, 0.25) is 0 Å². The van der Waals surface area contributed by atoms with Crippen molar-refractivity contribution in [3.8, 4) is 5.75 Å². The van der Waals surface area contributed by atoms with Gasteiger partial charge in [0.1, 0.15) is 5.75 Å². The Hall–Kier alpha value is -1.95. The smallest absolute Gasteiger partial charge is 0.387 e. The van der Waals surface area contributed by atoms with Gasteiger partial charge in [0, 0.05) is 10.2 Å². The summed E-state index contributed by atoms with van der Waals surface area (Å²) in [7, 11) is 0. The normalized spacial score (nSPS) is 10.5. The molecule has 0 saturated heterocycles. The van der Waals surface area contributed by atoms with E-state index >= 15 is 0 Å². The number of alkyl halides is 2. The summed E-state index contributed by atoms with van der Waals surface area (Å²) in [6.45, 7) is -1.10. The molecule has 0 atom stereocenters. The van der Waals surface area contributed by atoms with Crippen molar-refractivity contribution in [3.05, 3.63) is 58.1 Å². The summed E-state index contributed by atoms with van der Waals surface area (Å²) in [5.74, 6) is -0.660. The van der Waals surface area contributed by atoms with E-state index in [-0.39, 0.29) is 11.3 Å². The number of carbonyl (C=O) groups is 1. The highest BCUT2D eigenvalue weighted by Gasteiger charge is 2.15. The topological polar surface area (TPSA) is 38.3 Å². The molecule has 110 valence electrons. The first-order valence-electron chi connectivity index (χ1n) is 6.08. The Kier molecular flexibility index (Phi) is 4.90. The SMILES string of the molecule is Cc1cc(NC(=O)c2ccccc2OC(F)F)ccc1Br. The average molecular weight is 356 g/mol. The minimum atomic E-state index is -2.98. The molecule has 6 heteroatoms. The van der Waals surface area contributed by atoms with E-state index in [9.17, 15) is 13.6 Å². The van der Waals surface area contributed by atoms with Gasteiger partial charge in [0.15, 0.2) is 0 Å². The van der Waals surface area contributed by atoms with Crippen molar-refractivity contribution in [1.29, 1.82) is 0 Å². The number of hydrogen-bond donors (Lipinski definition) is 1. The van der Waals surface area contributed by atoms with Crippen LogP contribution in [0.2, 0.25) is 0 Å². The van der Waals surface area contributed by atoms with Gasteiger partial charge in [-0.3, -0.25) is 4.79 Å². The van der Waals surface area contributed by atoms with E-state index in [1.807, 2.05) is 6.92 Å². The minimum Gasteiger partial charge on any atom is -0.434 e. The van der Waals surface area contributed by atoms with Gasteiger partial charge in [-0.15, -0.1) is 0 Å². The first-order valence-corrected chi connectivity index (χ1v) is 6.88. The molecule has 0 aliphatic rings. The van der Waals surface area contributed by atoms with Crippen molar-refractivity contribution in [3.63, 3.8) is 0 Å². The molecule has 0 heterocycles. The van der Waals surface area contributed by atoms with Gasteiger partial charge in [0.25, 0.3) is 5.91 Å². The van der Waals surface area contributed by atoms with Gasteiger partial charge in [-0.25, -0.2) is 0 Å². The van der Waals surface area contributed by atoms with Gasteiger partial charge in [-0.05, 0) is 42.8 Å². The third-order valence-electron chi connectivity index (χ3n) is 2.76. The van der Waals surface area contributed by atoms with Crippen LogP contribution in [0.1, 0.15) is 15.9 Å². The third kappa shape index (κ3) is 4.01. The van der Waals surface area contributed by atoms with Crippen LogP contribution in [-0.4, -0.2) is 12.5 Å². The molecule has 2 rings (SSSR count). The largest absolute Gasteiger partial charge is 0.434 e. The van der Waals surface area contributed by atoms with Crippen LogP contribution in [0.4, 0.5) is 14.5 Å². The Bertz CT molecular complexity index is 662. The highest BCUT2D eigenvalue weighted by molar-refractivity contribution is 9.10. The molecule has 2 aromatic rings. The maximum absolute atomic E-state index is 12.3. The molecule has 0 bridgehead atoms. The van der Waals surface area contributed by atoms with E-state index in [4.69, 9.17) is 0 Å². The van der Waals surface area contributed by atoms with E-state index in [1.165, 1.54) is 18.2 Å². The number of carbonyl (C=O) groups excluding carboxylic acids is 1. The van der Waals surface area contributed by atoms with Crippen LogP contribution in [0.25, 0.3) is 0 Å². The fourth-order valence-electron chi connectivity index (χ4n) is 1.77. The molecule has 1 N–H and O–H groups in total. The summed E-state index contributed by atoms with van der Waals surface area (Å²) in [5.41, 5.74) is 1.58. The fraction of sp³-hybridized carbons (Fsp3) is 0.133. The van der Waals surface area contributed by atoms with Crippen molar-refractivity contribution < 1.29 is 18.3 Å². The number of benzene rings is 2. The Morgan fingerprint density at radius 3 is 2.62 bits per heavy atom. The molecule has 3 nitrogen and oxygen atoms in total. The Morgan fingerprint density at radius 2 is 1.95 bits per heavy atom. The van der Waals surface area contributed by atoms with Crippen LogP contribution in [0, 0.1) is 6.92 Å². The predicted molar refractivity (Wildman–Crippen MR) is 79.9 cm³/mol. The molecule has 0 aliphatic carbocycles. The van der Waals surface area contributed by atoms with Crippen molar-refractivity contribution in [2.45, 2.75) is 13.5 Å². The van der Waals surface area contributed by atoms with Gasteiger partial charge in [-0.2, -0.15) is 8.78 Å². The molecule has 21 heavy (non-hydrogen) atoms. The third-order valence-corrected chi connectivity index (χ3v) is 3.65. The van der Waals surface area contributed by atoms with Crippen molar-refractivity contribution in [2.24, 2.45) is 0 Å².